The summed E-state index contributed by atoms with van der Waals surface area (Å²) in [5, 5.41) is 0. The Balaban J connectivity index is 2.03. The van der Waals surface area contributed by atoms with Crippen molar-refractivity contribution in [1.82, 2.24) is 0 Å². The average Bonchev–Trinajstić information content (AvgIpc) is 2.38. The standard InChI is InChI=1S/C15H12BrF2NO/c16-8-4-5-9-12(19)7-14(20-13(9)6-8)15-10(17)2-1-3-11(15)18/h1-6,12,14H,7,19H2. The summed E-state index contributed by atoms with van der Waals surface area (Å²) in [4.78, 5) is 0. The van der Waals surface area contributed by atoms with Gasteiger partial charge in [-0.1, -0.05) is 28.1 Å². The van der Waals surface area contributed by atoms with Crippen molar-refractivity contribution in [2.24, 2.45) is 5.73 Å². The van der Waals surface area contributed by atoms with Crippen LogP contribution >= 0.6 is 15.9 Å². The molecule has 2 N–H and O–H groups in total. The first-order chi connectivity index (χ1) is 9.56. The van der Waals surface area contributed by atoms with Crippen LogP contribution in [0.15, 0.2) is 40.9 Å². The Labute approximate surface area is 123 Å². The first-order valence-electron chi connectivity index (χ1n) is 6.22. The first-order valence-corrected chi connectivity index (χ1v) is 7.01. The Morgan fingerprint density at radius 1 is 1.15 bits per heavy atom. The van der Waals surface area contributed by atoms with Crippen LogP contribution in [0.25, 0.3) is 0 Å². The minimum Gasteiger partial charge on any atom is -0.485 e. The Hall–Kier alpha value is -1.46. The van der Waals surface area contributed by atoms with E-state index >= 15 is 0 Å². The van der Waals surface area contributed by atoms with Gasteiger partial charge in [-0.3, -0.25) is 0 Å². The topological polar surface area (TPSA) is 35.2 Å². The van der Waals surface area contributed by atoms with Gasteiger partial charge in [0, 0.05) is 22.5 Å². The summed E-state index contributed by atoms with van der Waals surface area (Å²) in [7, 11) is 0. The van der Waals surface area contributed by atoms with Crippen LogP contribution in [-0.4, -0.2) is 0 Å². The van der Waals surface area contributed by atoms with Crippen molar-refractivity contribution in [3.63, 3.8) is 0 Å². The predicted molar refractivity (Wildman–Crippen MR) is 75.4 cm³/mol. The van der Waals surface area contributed by atoms with Crippen molar-refractivity contribution < 1.29 is 13.5 Å². The molecule has 20 heavy (non-hydrogen) atoms. The van der Waals surface area contributed by atoms with E-state index in [1.165, 1.54) is 18.2 Å². The molecule has 2 atom stereocenters. The first kappa shape index (κ1) is 13.5. The fourth-order valence-corrected chi connectivity index (χ4v) is 2.81. The lowest BCUT2D eigenvalue weighted by molar-refractivity contribution is 0.153. The van der Waals surface area contributed by atoms with E-state index in [1.807, 2.05) is 12.1 Å². The number of nitrogens with two attached hydrogens (primary N) is 1. The van der Waals surface area contributed by atoms with Gasteiger partial charge in [0.2, 0.25) is 0 Å². The van der Waals surface area contributed by atoms with Crippen LogP contribution in [0.1, 0.15) is 29.7 Å². The van der Waals surface area contributed by atoms with Gasteiger partial charge in [-0.05, 0) is 24.3 Å². The summed E-state index contributed by atoms with van der Waals surface area (Å²) < 4.78 is 34.3. The zero-order chi connectivity index (χ0) is 14.3. The molecule has 0 aromatic heterocycles. The van der Waals surface area contributed by atoms with E-state index in [1.54, 1.807) is 6.07 Å². The largest absolute Gasteiger partial charge is 0.485 e. The van der Waals surface area contributed by atoms with Gasteiger partial charge in [-0.2, -0.15) is 0 Å². The summed E-state index contributed by atoms with van der Waals surface area (Å²) in [6.45, 7) is 0. The predicted octanol–water partition coefficient (Wildman–Crippen LogP) is 4.25. The van der Waals surface area contributed by atoms with E-state index in [2.05, 4.69) is 15.9 Å². The highest BCUT2D eigenvalue weighted by Crippen LogP contribution is 2.41. The minimum atomic E-state index is -0.715. The van der Waals surface area contributed by atoms with Gasteiger partial charge in [0.05, 0.1) is 5.56 Å². The maximum atomic E-state index is 13.8. The average molecular weight is 340 g/mol. The second-order valence-electron chi connectivity index (χ2n) is 4.77. The molecule has 5 heteroatoms. The molecule has 2 aromatic rings. The maximum absolute atomic E-state index is 13.8. The molecule has 0 bridgehead atoms. The molecule has 0 fully saturated rings. The van der Waals surface area contributed by atoms with Crippen LogP contribution < -0.4 is 10.5 Å². The summed E-state index contributed by atoms with van der Waals surface area (Å²) in [5.41, 5.74) is 6.87. The molecule has 0 spiro atoms. The monoisotopic (exact) mass is 339 g/mol. The molecular weight excluding hydrogens is 328 g/mol. The van der Waals surface area contributed by atoms with Gasteiger partial charge in [-0.15, -0.1) is 0 Å². The molecule has 1 aliphatic heterocycles. The minimum absolute atomic E-state index is 0.0615. The number of hydrogen-bond acceptors (Lipinski definition) is 2. The van der Waals surface area contributed by atoms with E-state index in [0.717, 1.165) is 10.0 Å². The van der Waals surface area contributed by atoms with Crippen molar-refractivity contribution in [2.45, 2.75) is 18.6 Å². The summed E-state index contributed by atoms with van der Waals surface area (Å²) in [6.07, 6.45) is -0.375. The molecule has 2 unspecified atom stereocenters. The molecule has 0 amide bonds. The lowest BCUT2D eigenvalue weighted by Crippen LogP contribution is -2.25. The SMILES string of the molecule is NC1CC(c2c(F)cccc2F)Oc2cc(Br)ccc21. The smallest absolute Gasteiger partial charge is 0.133 e. The van der Waals surface area contributed by atoms with Gasteiger partial charge >= 0.3 is 0 Å². The molecule has 0 radical (unpaired) electrons. The van der Waals surface area contributed by atoms with Crippen LogP contribution in [0.4, 0.5) is 8.78 Å². The van der Waals surface area contributed by atoms with Crippen LogP contribution in [0.3, 0.4) is 0 Å². The molecule has 0 saturated heterocycles. The highest BCUT2D eigenvalue weighted by Gasteiger charge is 2.30. The molecule has 2 nitrogen and oxygen atoms in total. The number of rotatable bonds is 1. The lowest BCUT2D eigenvalue weighted by atomic mass is 9.93. The number of fused-ring (bicyclic) bond motifs is 1. The highest BCUT2D eigenvalue weighted by atomic mass is 79.9. The quantitative estimate of drug-likeness (QED) is 0.842. The van der Waals surface area contributed by atoms with Crippen molar-refractivity contribution in [3.05, 3.63) is 63.6 Å². The van der Waals surface area contributed by atoms with Gasteiger partial charge < -0.3 is 10.5 Å². The molecule has 3 rings (SSSR count). The van der Waals surface area contributed by atoms with Crippen molar-refractivity contribution >= 4 is 15.9 Å². The fourth-order valence-electron chi connectivity index (χ4n) is 2.47. The molecule has 2 aromatic carbocycles. The zero-order valence-corrected chi connectivity index (χ0v) is 12.0. The summed E-state index contributed by atoms with van der Waals surface area (Å²) >= 11 is 3.35. The van der Waals surface area contributed by atoms with Crippen LogP contribution in [-0.2, 0) is 0 Å². The molecular formula is C15H12BrF2NO. The number of hydrogen-bond donors (Lipinski definition) is 1. The Morgan fingerprint density at radius 3 is 2.55 bits per heavy atom. The Bertz CT molecular complexity index is 642. The summed E-state index contributed by atoms with van der Waals surface area (Å²) in [6, 6.07) is 8.97. The van der Waals surface area contributed by atoms with Gasteiger partial charge in [0.25, 0.3) is 0 Å². The van der Waals surface area contributed by atoms with E-state index < -0.39 is 17.7 Å². The van der Waals surface area contributed by atoms with Crippen molar-refractivity contribution in [1.29, 1.82) is 0 Å². The molecule has 104 valence electrons. The Kier molecular flexibility index (Phi) is 3.48. The van der Waals surface area contributed by atoms with E-state index in [4.69, 9.17) is 10.5 Å². The molecule has 0 saturated carbocycles. The highest BCUT2D eigenvalue weighted by molar-refractivity contribution is 9.10. The van der Waals surface area contributed by atoms with Crippen LogP contribution in [0, 0.1) is 11.6 Å². The normalized spacial score (nSPS) is 21.2. The third-order valence-electron chi connectivity index (χ3n) is 3.43. The van der Waals surface area contributed by atoms with Gasteiger partial charge in [-0.25, -0.2) is 8.78 Å². The second-order valence-corrected chi connectivity index (χ2v) is 5.68. The van der Waals surface area contributed by atoms with Crippen LogP contribution in [0.5, 0.6) is 5.75 Å². The van der Waals surface area contributed by atoms with E-state index in [9.17, 15) is 8.78 Å². The third kappa shape index (κ3) is 2.31. The van der Waals surface area contributed by atoms with Gasteiger partial charge in [0.1, 0.15) is 23.5 Å². The Morgan fingerprint density at radius 2 is 1.85 bits per heavy atom. The van der Waals surface area contributed by atoms with Crippen LogP contribution in [0.2, 0.25) is 0 Å². The molecule has 0 aliphatic carbocycles. The second kappa shape index (κ2) is 5.14. The third-order valence-corrected chi connectivity index (χ3v) is 3.93. The van der Waals surface area contributed by atoms with Crippen molar-refractivity contribution in [2.75, 3.05) is 0 Å². The van der Waals surface area contributed by atoms with E-state index in [0.29, 0.717) is 12.2 Å². The lowest BCUT2D eigenvalue weighted by Gasteiger charge is -2.31. The summed E-state index contributed by atoms with van der Waals surface area (Å²) in [5.74, 6) is -0.660. The fraction of sp³-hybridized carbons (Fsp3) is 0.200. The maximum Gasteiger partial charge on any atom is 0.133 e. The van der Waals surface area contributed by atoms with E-state index in [-0.39, 0.29) is 11.6 Å². The molecule has 1 aliphatic rings. The van der Waals surface area contributed by atoms with Gasteiger partial charge in [0.15, 0.2) is 0 Å². The number of ether oxygens (including phenoxy) is 1. The number of benzene rings is 2. The number of halogens is 3. The molecule has 1 heterocycles. The zero-order valence-electron chi connectivity index (χ0n) is 10.4. The van der Waals surface area contributed by atoms with Crippen molar-refractivity contribution in [3.8, 4) is 5.75 Å².